The molecule has 2 aliphatic heterocycles. The lowest BCUT2D eigenvalue weighted by atomic mass is 9.88. The molecule has 2 unspecified atom stereocenters. The average molecular weight is 371 g/mol. The van der Waals surface area contributed by atoms with E-state index >= 15 is 0 Å². The van der Waals surface area contributed by atoms with Crippen LogP contribution in [0.1, 0.15) is 67.8 Å². The molecule has 148 valence electrons. The maximum Gasteiger partial charge on any atom is 0.253 e. The average Bonchev–Trinajstić information content (AvgIpc) is 3.25. The molecule has 1 aromatic carbocycles. The van der Waals surface area contributed by atoms with Crippen LogP contribution in [0.25, 0.3) is 0 Å². The van der Waals surface area contributed by atoms with Crippen LogP contribution in [-0.2, 0) is 0 Å². The molecule has 5 heteroatoms. The predicted molar refractivity (Wildman–Crippen MR) is 109 cm³/mol. The van der Waals surface area contributed by atoms with Gasteiger partial charge in [-0.2, -0.15) is 0 Å². The van der Waals surface area contributed by atoms with E-state index in [2.05, 4.69) is 46.6 Å². The third kappa shape index (κ3) is 4.05. The number of carbonyl (C=O) groups is 1. The van der Waals surface area contributed by atoms with Crippen molar-refractivity contribution >= 4 is 5.91 Å². The van der Waals surface area contributed by atoms with Crippen LogP contribution in [0.15, 0.2) is 24.3 Å². The number of rotatable bonds is 3. The first-order chi connectivity index (χ1) is 13.1. The molecule has 2 saturated heterocycles. The van der Waals surface area contributed by atoms with Crippen molar-refractivity contribution in [3.63, 3.8) is 0 Å². The minimum atomic E-state index is 0.198. The van der Waals surface area contributed by atoms with Gasteiger partial charge in [-0.05, 0) is 50.8 Å². The van der Waals surface area contributed by atoms with E-state index < -0.39 is 0 Å². The second-order valence-electron chi connectivity index (χ2n) is 8.64. The van der Waals surface area contributed by atoms with E-state index in [1.54, 1.807) is 0 Å². The zero-order valence-corrected chi connectivity index (χ0v) is 16.8. The number of hydrogen-bond acceptors (Lipinski definition) is 4. The standard InChI is InChI=1S/C22H34N4O/c1-16-21(17(2)24-23-16)18-7-5-8-19(15-18)22(27)26-12-6-11-25(13-14-26)20-9-3-4-10-20/h5,7-8,15-17,20-21,23-24H,3-4,6,9-14H2,1-2H3. The number of hydrogen-bond donors (Lipinski definition) is 2. The second-order valence-corrected chi connectivity index (χ2v) is 8.64. The lowest BCUT2D eigenvalue weighted by molar-refractivity contribution is 0.0758. The van der Waals surface area contributed by atoms with E-state index in [1.807, 2.05) is 12.1 Å². The molecule has 4 rings (SSSR count). The molecule has 2 N–H and O–H groups in total. The number of amides is 1. The number of benzene rings is 1. The first-order valence-corrected chi connectivity index (χ1v) is 10.8. The van der Waals surface area contributed by atoms with E-state index in [0.717, 1.165) is 44.2 Å². The van der Waals surface area contributed by atoms with Crippen LogP contribution < -0.4 is 10.9 Å². The summed E-state index contributed by atoms with van der Waals surface area (Å²) in [5.41, 5.74) is 8.73. The Bertz CT molecular complexity index is 647. The first kappa shape index (κ1) is 18.9. The Hall–Kier alpha value is -1.43. The summed E-state index contributed by atoms with van der Waals surface area (Å²) in [7, 11) is 0. The van der Waals surface area contributed by atoms with Gasteiger partial charge in [-0.15, -0.1) is 0 Å². The Morgan fingerprint density at radius 1 is 0.963 bits per heavy atom. The van der Waals surface area contributed by atoms with Gasteiger partial charge in [0.2, 0.25) is 0 Å². The molecule has 0 aromatic heterocycles. The van der Waals surface area contributed by atoms with Gasteiger partial charge in [0.25, 0.3) is 5.91 Å². The van der Waals surface area contributed by atoms with E-state index in [4.69, 9.17) is 0 Å². The van der Waals surface area contributed by atoms with Crippen molar-refractivity contribution in [1.29, 1.82) is 0 Å². The van der Waals surface area contributed by atoms with E-state index in [9.17, 15) is 4.79 Å². The smallest absolute Gasteiger partial charge is 0.253 e. The largest absolute Gasteiger partial charge is 0.337 e. The Balaban J connectivity index is 1.44. The van der Waals surface area contributed by atoms with Crippen molar-refractivity contribution in [2.24, 2.45) is 0 Å². The number of nitrogens with one attached hydrogen (secondary N) is 2. The summed E-state index contributed by atoms with van der Waals surface area (Å²) >= 11 is 0. The molecule has 1 aliphatic carbocycles. The van der Waals surface area contributed by atoms with Gasteiger partial charge >= 0.3 is 0 Å². The number of carbonyl (C=O) groups excluding carboxylic acids is 1. The fraction of sp³-hybridized carbons (Fsp3) is 0.682. The molecule has 0 spiro atoms. The maximum atomic E-state index is 13.2. The number of hydrazine groups is 1. The first-order valence-electron chi connectivity index (χ1n) is 10.8. The highest BCUT2D eigenvalue weighted by molar-refractivity contribution is 5.94. The Morgan fingerprint density at radius 2 is 1.70 bits per heavy atom. The van der Waals surface area contributed by atoms with Crippen LogP contribution in [0, 0.1) is 0 Å². The summed E-state index contributed by atoms with van der Waals surface area (Å²) in [5.74, 6) is 0.587. The SMILES string of the molecule is CC1NNC(C)C1c1cccc(C(=O)N2CCCN(C3CCCC3)CC2)c1. The molecule has 1 saturated carbocycles. The maximum absolute atomic E-state index is 13.2. The molecule has 3 aliphatic rings. The molecular weight excluding hydrogens is 336 g/mol. The predicted octanol–water partition coefficient (Wildman–Crippen LogP) is 2.75. The van der Waals surface area contributed by atoms with E-state index in [-0.39, 0.29) is 5.91 Å². The van der Waals surface area contributed by atoms with Crippen molar-refractivity contribution in [3.8, 4) is 0 Å². The van der Waals surface area contributed by atoms with Crippen LogP contribution in [0.2, 0.25) is 0 Å². The van der Waals surface area contributed by atoms with Crippen LogP contribution in [0.5, 0.6) is 0 Å². The fourth-order valence-corrected chi connectivity index (χ4v) is 5.29. The van der Waals surface area contributed by atoms with E-state index in [0.29, 0.717) is 18.0 Å². The van der Waals surface area contributed by atoms with E-state index in [1.165, 1.54) is 31.2 Å². The van der Waals surface area contributed by atoms with Crippen molar-refractivity contribution < 1.29 is 4.79 Å². The molecule has 2 atom stereocenters. The molecule has 5 nitrogen and oxygen atoms in total. The number of nitrogens with zero attached hydrogens (tertiary/aromatic N) is 2. The van der Waals surface area contributed by atoms with Gasteiger partial charge < -0.3 is 4.90 Å². The summed E-state index contributed by atoms with van der Waals surface area (Å²) in [6.07, 6.45) is 6.52. The zero-order valence-electron chi connectivity index (χ0n) is 16.8. The lowest BCUT2D eigenvalue weighted by Gasteiger charge is -2.27. The minimum Gasteiger partial charge on any atom is -0.337 e. The summed E-state index contributed by atoms with van der Waals surface area (Å²) in [6.45, 7) is 8.30. The van der Waals surface area contributed by atoms with Crippen LogP contribution in [0.3, 0.4) is 0 Å². The highest BCUT2D eigenvalue weighted by Crippen LogP contribution is 2.28. The van der Waals surface area contributed by atoms with Crippen molar-refractivity contribution in [2.45, 2.75) is 70.0 Å². The molecule has 2 heterocycles. The monoisotopic (exact) mass is 370 g/mol. The molecule has 1 aromatic rings. The van der Waals surface area contributed by atoms with Crippen LogP contribution in [0.4, 0.5) is 0 Å². The zero-order chi connectivity index (χ0) is 18.8. The Kier molecular flexibility index (Phi) is 5.81. The third-order valence-corrected chi connectivity index (χ3v) is 6.79. The van der Waals surface area contributed by atoms with Gasteiger partial charge in [-0.3, -0.25) is 20.5 Å². The van der Waals surface area contributed by atoms with Crippen molar-refractivity contribution in [2.75, 3.05) is 26.2 Å². The molecule has 27 heavy (non-hydrogen) atoms. The third-order valence-electron chi connectivity index (χ3n) is 6.79. The summed E-state index contributed by atoms with van der Waals surface area (Å²) in [4.78, 5) is 17.9. The lowest BCUT2D eigenvalue weighted by Crippen LogP contribution is -2.38. The van der Waals surface area contributed by atoms with Gasteiger partial charge in [0, 0.05) is 55.8 Å². The summed E-state index contributed by atoms with van der Waals surface area (Å²) in [5, 5.41) is 0. The van der Waals surface area contributed by atoms with Crippen molar-refractivity contribution in [3.05, 3.63) is 35.4 Å². The highest BCUT2D eigenvalue weighted by atomic mass is 16.2. The second kappa shape index (κ2) is 8.29. The van der Waals surface area contributed by atoms with Gasteiger partial charge in [0.05, 0.1) is 0 Å². The molecule has 3 fully saturated rings. The van der Waals surface area contributed by atoms with Gasteiger partial charge in [-0.1, -0.05) is 25.0 Å². The topological polar surface area (TPSA) is 47.6 Å². The fourth-order valence-electron chi connectivity index (χ4n) is 5.29. The van der Waals surface area contributed by atoms with Gasteiger partial charge in [0.15, 0.2) is 0 Å². The van der Waals surface area contributed by atoms with Crippen LogP contribution >= 0.6 is 0 Å². The van der Waals surface area contributed by atoms with Gasteiger partial charge in [-0.25, -0.2) is 0 Å². The quantitative estimate of drug-likeness (QED) is 0.859. The normalized spacial score (nSPS) is 30.6. The molecule has 0 radical (unpaired) electrons. The summed E-state index contributed by atoms with van der Waals surface area (Å²) < 4.78 is 0. The van der Waals surface area contributed by atoms with Crippen LogP contribution in [-0.4, -0.2) is 60.0 Å². The Labute approximate surface area is 163 Å². The molecule has 0 bridgehead atoms. The molecular formula is C22H34N4O. The molecule has 1 amide bonds. The minimum absolute atomic E-state index is 0.198. The van der Waals surface area contributed by atoms with Crippen molar-refractivity contribution in [1.82, 2.24) is 20.7 Å². The summed E-state index contributed by atoms with van der Waals surface area (Å²) in [6, 6.07) is 9.79. The Morgan fingerprint density at radius 3 is 2.44 bits per heavy atom. The van der Waals surface area contributed by atoms with Gasteiger partial charge in [0.1, 0.15) is 0 Å². The highest BCUT2D eigenvalue weighted by Gasteiger charge is 2.32.